The van der Waals surface area contributed by atoms with Crippen LogP contribution in [0.3, 0.4) is 0 Å². The number of aromatic nitrogens is 5. The summed E-state index contributed by atoms with van der Waals surface area (Å²) in [6.45, 7) is 8.65. The van der Waals surface area contributed by atoms with Crippen LogP contribution in [-0.2, 0) is 6.54 Å². The fourth-order valence-electron chi connectivity index (χ4n) is 3.06. The van der Waals surface area contributed by atoms with Gasteiger partial charge in [-0.1, -0.05) is 23.4 Å². The van der Waals surface area contributed by atoms with Crippen LogP contribution < -0.4 is 5.73 Å². The molecule has 4 aromatic rings. The number of aryl methyl sites for hydroxylation is 3. The lowest BCUT2D eigenvalue weighted by Crippen LogP contribution is -2.04. The number of thiazole rings is 1. The smallest absolute Gasteiger partial charge is 0.277 e. The number of hydrogen-bond acceptors (Lipinski definition) is 7. The lowest BCUT2D eigenvalue weighted by Gasteiger charge is -2.05. The van der Waals surface area contributed by atoms with Crippen LogP contribution >= 0.6 is 11.3 Å². The Morgan fingerprint density at radius 1 is 1.18 bits per heavy atom. The highest BCUT2D eigenvalue weighted by Crippen LogP contribution is 2.30. The topological polar surface area (TPSA) is 95.7 Å². The molecule has 0 aliphatic rings. The van der Waals surface area contributed by atoms with E-state index in [4.69, 9.17) is 10.3 Å². The molecule has 0 saturated carbocycles. The number of benzene rings is 1. The molecule has 3 aromatic heterocycles. The van der Waals surface area contributed by atoms with Crippen LogP contribution in [0.5, 0.6) is 0 Å². The van der Waals surface area contributed by atoms with Crippen molar-refractivity contribution in [2.45, 2.75) is 40.3 Å². The highest BCUT2D eigenvalue weighted by molar-refractivity contribution is 7.12. The molecule has 1 aromatic carbocycles. The summed E-state index contributed by atoms with van der Waals surface area (Å²) in [4.78, 5) is 10.1. The fraction of sp³-hybridized carbons (Fsp3) is 0.300. The molecular weight excluding hydrogens is 372 g/mol. The van der Waals surface area contributed by atoms with Crippen molar-refractivity contribution < 1.29 is 4.52 Å². The van der Waals surface area contributed by atoms with Crippen LogP contribution in [0.4, 0.5) is 0 Å². The van der Waals surface area contributed by atoms with Crippen molar-refractivity contribution in [3.05, 3.63) is 57.2 Å². The summed E-state index contributed by atoms with van der Waals surface area (Å²) in [5.74, 6) is 0.958. The summed E-state index contributed by atoms with van der Waals surface area (Å²) in [6.07, 6.45) is 0. The van der Waals surface area contributed by atoms with Gasteiger partial charge in [-0.15, -0.1) is 11.3 Å². The highest BCUT2D eigenvalue weighted by Gasteiger charge is 2.18. The predicted molar refractivity (Wildman–Crippen MR) is 109 cm³/mol. The zero-order chi connectivity index (χ0) is 19.8. The van der Waals surface area contributed by atoms with Gasteiger partial charge in [0.25, 0.3) is 5.89 Å². The molecule has 4 rings (SSSR count). The molecule has 0 spiro atoms. The zero-order valence-electron chi connectivity index (χ0n) is 16.3. The summed E-state index contributed by atoms with van der Waals surface area (Å²) in [5.41, 5.74) is 10.8. The number of rotatable bonds is 5. The quantitative estimate of drug-likeness (QED) is 0.549. The van der Waals surface area contributed by atoms with Crippen LogP contribution in [0, 0.1) is 20.8 Å². The third-order valence-electron chi connectivity index (χ3n) is 4.45. The Hall–Kier alpha value is -2.84. The van der Waals surface area contributed by atoms with Gasteiger partial charge < -0.3 is 10.3 Å². The monoisotopic (exact) mass is 394 g/mol. The second-order valence-electron chi connectivity index (χ2n) is 6.95. The van der Waals surface area contributed by atoms with Crippen molar-refractivity contribution in [2.24, 2.45) is 5.73 Å². The number of hydrogen-bond donors (Lipinski definition) is 1. The van der Waals surface area contributed by atoms with Crippen LogP contribution in [0.25, 0.3) is 23.0 Å². The van der Waals surface area contributed by atoms with Gasteiger partial charge in [0.05, 0.1) is 18.3 Å². The SMILES string of the molecule is Cc1cc(C)n(Cc2cccc(-c3noc(-c4nc(C(C)N)sc4C)n3)c2)n1. The molecule has 1 atom stereocenters. The molecule has 28 heavy (non-hydrogen) atoms. The second-order valence-corrected chi connectivity index (χ2v) is 8.19. The van der Waals surface area contributed by atoms with Crippen LogP contribution in [0.2, 0.25) is 0 Å². The predicted octanol–water partition coefficient (Wildman–Crippen LogP) is 4.05. The van der Waals surface area contributed by atoms with Gasteiger partial charge in [-0.25, -0.2) is 4.98 Å². The van der Waals surface area contributed by atoms with E-state index < -0.39 is 0 Å². The molecule has 0 fully saturated rings. The molecular formula is C20H22N6OS. The van der Waals surface area contributed by atoms with E-state index in [1.807, 2.05) is 37.6 Å². The average Bonchev–Trinajstić information content (AvgIpc) is 3.34. The first kappa shape index (κ1) is 18.5. The Balaban J connectivity index is 1.61. The normalized spacial score (nSPS) is 12.5. The molecule has 0 bridgehead atoms. The van der Waals surface area contributed by atoms with Gasteiger partial charge >= 0.3 is 0 Å². The summed E-state index contributed by atoms with van der Waals surface area (Å²) < 4.78 is 7.47. The molecule has 0 saturated heterocycles. The maximum Gasteiger partial charge on any atom is 0.277 e. The third-order valence-corrected chi connectivity index (χ3v) is 5.62. The van der Waals surface area contributed by atoms with E-state index in [2.05, 4.69) is 45.3 Å². The minimum absolute atomic E-state index is 0.120. The largest absolute Gasteiger partial charge is 0.332 e. The van der Waals surface area contributed by atoms with Crippen LogP contribution in [-0.4, -0.2) is 24.9 Å². The van der Waals surface area contributed by atoms with E-state index in [1.165, 1.54) is 0 Å². The summed E-state index contributed by atoms with van der Waals surface area (Å²) >= 11 is 1.56. The third kappa shape index (κ3) is 3.61. The standard InChI is InChI=1S/C20H22N6OS/c1-11-8-12(2)26(24-11)10-15-6-5-7-16(9-15)18-23-19(27-25-18)17-14(4)28-20(22-17)13(3)21/h5-9,13H,10,21H2,1-4H3. The molecule has 7 nitrogen and oxygen atoms in total. The van der Waals surface area contributed by atoms with E-state index in [0.29, 0.717) is 24.0 Å². The zero-order valence-corrected chi connectivity index (χ0v) is 17.1. The molecule has 1 unspecified atom stereocenters. The summed E-state index contributed by atoms with van der Waals surface area (Å²) in [5, 5.41) is 9.54. The lowest BCUT2D eigenvalue weighted by molar-refractivity contribution is 0.431. The van der Waals surface area contributed by atoms with Gasteiger partial charge in [0, 0.05) is 16.1 Å². The molecule has 8 heteroatoms. The molecule has 2 N–H and O–H groups in total. The lowest BCUT2D eigenvalue weighted by atomic mass is 10.1. The Labute approximate surface area is 167 Å². The second kappa shape index (κ2) is 7.29. The number of nitrogens with two attached hydrogens (primary N) is 1. The molecule has 144 valence electrons. The fourth-order valence-corrected chi connectivity index (χ4v) is 3.93. The Morgan fingerprint density at radius 2 is 2.00 bits per heavy atom. The summed E-state index contributed by atoms with van der Waals surface area (Å²) in [6, 6.07) is 10.1. The molecule has 0 amide bonds. The van der Waals surface area contributed by atoms with E-state index in [-0.39, 0.29) is 6.04 Å². The first-order valence-corrected chi connectivity index (χ1v) is 9.89. The highest BCUT2D eigenvalue weighted by atomic mass is 32.1. The summed E-state index contributed by atoms with van der Waals surface area (Å²) in [7, 11) is 0. The first-order valence-electron chi connectivity index (χ1n) is 9.08. The maximum atomic E-state index is 5.94. The van der Waals surface area contributed by atoms with Crippen LogP contribution in [0.15, 0.2) is 34.9 Å². The molecule has 0 aliphatic heterocycles. The minimum atomic E-state index is -0.120. The van der Waals surface area contributed by atoms with E-state index >= 15 is 0 Å². The van der Waals surface area contributed by atoms with E-state index in [0.717, 1.165) is 32.4 Å². The Kier molecular flexibility index (Phi) is 4.82. The van der Waals surface area contributed by atoms with Gasteiger partial charge in [-0.3, -0.25) is 4.68 Å². The van der Waals surface area contributed by atoms with Crippen molar-refractivity contribution in [3.8, 4) is 23.0 Å². The van der Waals surface area contributed by atoms with Gasteiger partial charge in [-0.2, -0.15) is 10.1 Å². The van der Waals surface area contributed by atoms with Crippen molar-refractivity contribution in [3.63, 3.8) is 0 Å². The van der Waals surface area contributed by atoms with E-state index in [1.54, 1.807) is 11.3 Å². The van der Waals surface area contributed by atoms with Gasteiger partial charge in [0.1, 0.15) is 10.7 Å². The molecule has 0 aliphatic carbocycles. The van der Waals surface area contributed by atoms with Crippen molar-refractivity contribution >= 4 is 11.3 Å². The molecule has 0 radical (unpaired) electrons. The van der Waals surface area contributed by atoms with Gasteiger partial charge in [-0.05, 0) is 45.4 Å². The van der Waals surface area contributed by atoms with Gasteiger partial charge in [0.2, 0.25) is 5.82 Å². The first-order chi connectivity index (χ1) is 13.4. The Bertz CT molecular complexity index is 1120. The van der Waals surface area contributed by atoms with Crippen molar-refractivity contribution in [1.82, 2.24) is 24.9 Å². The maximum absolute atomic E-state index is 5.94. The van der Waals surface area contributed by atoms with Crippen molar-refractivity contribution in [1.29, 1.82) is 0 Å². The average molecular weight is 395 g/mol. The van der Waals surface area contributed by atoms with E-state index in [9.17, 15) is 0 Å². The Morgan fingerprint density at radius 3 is 2.68 bits per heavy atom. The number of nitrogens with zero attached hydrogens (tertiary/aromatic N) is 5. The minimum Gasteiger partial charge on any atom is -0.332 e. The van der Waals surface area contributed by atoms with Crippen LogP contribution in [0.1, 0.15) is 39.8 Å². The molecule has 3 heterocycles. The van der Waals surface area contributed by atoms with Gasteiger partial charge in [0.15, 0.2) is 0 Å². The van der Waals surface area contributed by atoms with Crippen molar-refractivity contribution in [2.75, 3.05) is 0 Å².